The lowest BCUT2D eigenvalue weighted by Gasteiger charge is -2.15. The summed E-state index contributed by atoms with van der Waals surface area (Å²) in [6.07, 6.45) is 1.71. The highest BCUT2D eigenvalue weighted by atomic mass is 127. The molecule has 31 heavy (non-hydrogen) atoms. The van der Waals surface area contributed by atoms with Crippen molar-refractivity contribution < 1.29 is 19.1 Å². The SMILES string of the molecule is CCOc1cc(/C=C2\SC(=O)N(C)C2=O)cc(I)c1OCc1ccc2ccccc2c1. The molecule has 0 spiro atoms. The molecule has 1 aliphatic heterocycles. The van der Waals surface area contributed by atoms with E-state index in [1.807, 2.05) is 31.2 Å². The van der Waals surface area contributed by atoms with Gasteiger partial charge in [0.1, 0.15) is 6.61 Å². The number of halogens is 1. The zero-order valence-corrected chi connectivity index (χ0v) is 20.0. The van der Waals surface area contributed by atoms with Crippen molar-refractivity contribution in [2.24, 2.45) is 0 Å². The fraction of sp³-hybridized carbons (Fsp3) is 0.167. The number of carbonyl (C=O) groups is 2. The molecule has 0 unspecified atom stereocenters. The molecule has 3 aromatic carbocycles. The molecule has 0 atom stereocenters. The van der Waals surface area contributed by atoms with Crippen LogP contribution in [0.4, 0.5) is 4.79 Å². The Kier molecular flexibility index (Phi) is 6.52. The topological polar surface area (TPSA) is 55.8 Å². The van der Waals surface area contributed by atoms with Gasteiger partial charge in [-0.1, -0.05) is 36.4 Å². The van der Waals surface area contributed by atoms with Crippen molar-refractivity contribution in [1.29, 1.82) is 0 Å². The molecule has 0 radical (unpaired) electrons. The minimum absolute atomic E-state index is 0.272. The van der Waals surface area contributed by atoms with Gasteiger partial charge in [-0.05, 0) is 87.5 Å². The highest BCUT2D eigenvalue weighted by Gasteiger charge is 2.31. The summed E-state index contributed by atoms with van der Waals surface area (Å²) in [4.78, 5) is 25.5. The van der Waals surface area contributed by atoms with Gasteiger partial charge in [0.25, 0.3) is 11.1 Å². The summed E-state index contributed by atoms with van der Waals surface area (Å²) < 4.78 is 12.8. The van der Waals surface area contributed by atoms with E-state index in [-0.39, 0.29) is 11.1 Å². The minimum Gasteiger partial charge on any atom is -0.490 e. The molecule has 3 aromatic rings. The number of hydrogen-bond donors (Lipinski definition) is 0. The van der Waals surface area contributed by atoms with E-state index in [9.17, 15) is 9.59 Å². The molecule has 0 saturated carbocycles. The van der Waals surface area contributed by atoms with Crippen LogP contribution in [0.3, 0.4) is 0 Å². The smallest absolute Gasteiger partial charge is 0.293 e. The molecule has 158 valence electrons. The Hall–Kier alpha value is -2.52. The second-order valence-corrected chi connectivity index (χ2v) is 9.13. The third kappa shape index (κ3) is 4.72. The van der Waals surface area contributed by atoms with Crippen molar-refractivity contribution in [3.05, 3.63) is 74.2 Å². The molecular weight excluding hydrogens is 525 g/mol. The lowest BCUT2D eigenvalue weighted by Crippen LogP contribution is -2.22. The zero-order valence-electron chi connectivity index (χ0n) is 17.1. The number of ether oxygens (including phenoxy) is 2. The summed E-state index contributed by atoms with van der Waals surface area (Å²) in [7, 11) is 1.48. The summed E-state index contributed by atoms with van der Waals surface area (Å²) in [5.41, 5.74) is 1.85. The Morgan fingerprint density at radius 2 is 1.81 bits per heavy atom. The van der Waals surface area contributed by atoms with E-state index in [2.05, 4.69) is 52.9 Å². The van der Waals surface area contributed by atoms with Crippen LogP contribution in [0.15, 0.2) is 59.5 Å². The minimum atomic E-state index is -0.292. The second kappa shape index (κ2) is 9.32. The fourth-order valence-corrected chi connectivity index (χ4v) is 4.86. The fourth-order valence-electron chi connectivity index (χ4n) is 3.26. The monoisotopic (exact) mass is 545 g/mol. The number of likely N-dealkylation sites (N-methyl/N-ethyl adjacent to an activating group) is 1. The van der Waals surface area contributed by atoms with E-state index in [1.54, 1.807) is 6.08 Å². The molecule has 2 amide bonds. The van der Waals surface area contributed by atoms with Gasteiger partial charge in [-0.3, -0.25) is 14.5 Å². The van der Waals surface area contributed by atoms with Crippen molar-refractivity contribution in [3.63, 3.8) is 0 Å². The highest BCUT2D eigenvalue weighted by molar-refractivity contribution is 14.1. The zero-order chi connectivity index (χ0) is 22.0. The number of carbonyl (C=O) groups excluding carboxylic acids is 2. The van der Waals surface area contributed by atoms with E-state index in [4.69, 9.17) is 9.47 Å². The molecule has 0 N–H and O–H groups in total. The van der Waals surface area contributed by atoms with Gasteiger partial charge in [0.15, 0.2) is 11.5 Å². The van der Waals surface area contributed by atoms with Crippen molar-refractivity contribution in [3.8, 4) is 11.5 Å². The summed E-state index contributed by atoms with van der Waals surface area (Å²) in [5.74, 6) is 0.980. The molecule has 4 rings (SSSR count). The van der Waals surface area contributed by atoms with Crippen LogP contribution < -0.4 is 9.47 Å². The van der Waals surface area contributed by atoms with E-state index in [0.29, 0.717) is 29.6 Å². The lowest BCUT2D eigenvalue weighted by molar-refractivity contribution is -0.121. The molecule has 1 saturated heterocycles. The van der Waals surface area contributed by atoms with Crippen LogP contribution in [0.2, 0.25) is 0 Å². The van der Waals surface area contributed by atoms with Gasteiger partial charge < -0.3 is 9.47 Å². The molecule has 1 aliphatic rings. The predicted molar refractivity (Wildman–Crippen MR) is 132 cm³/mol. The maximum absolute atomic E-state index is 12.2. The Labute approximate surface area is 198 Å². The highest BCUT2D eigenvalue weighted by Crippen LogP contribution is 2.37. The molecule has 0 aliphatic carbocycles. The number of thioether (sulfide) groups is 1. The quantitative estimate of drug-likeness (QED) is 0.277. The van der Waals surface area contributed by atoms with Gasteiger partial charge in [-0.2, -0.15) is 0 Å². The Balaban J connectivity index is 1.60. The van der Waals surface area contributed by atoms with Crippen molar-refractivity contribution in [1.82, 2.24) is 4.90 Å². The van der Waals surface area contributed by atoms with Crippen molar-refractivity contribution >= 4 is 62.3 Å². The van der Waals surface area contributed by atoms with Crippen LogP contribution in [0.25, 0.3) is 16.8 Å². The maximum atomic E-state index is 12.2. The first-order valence-electron chi connectivity index (χ1n) is 9.74. The largest absolute Gasteiger partial charge is 0.490 e. The average molecular weight is 545 g/mol. The normalized spacial score (nSPS) is 15.2. The lowest BCUT2D eigenvalue weighted by atomic mass is 10.1. The van der Waals surface area contributed by atoms with Crippen LogP contribution in [0, 0.1) is 3.57 Å². The number of rotatable bonds is 6. The van der Waals surface area contributed by atoms with E-state index in [0.717, 1.165) is 31.4 Å². The van der Waals surface area contributed by atoms with Crippen molar-refractivity contribution in [2.75, 3.05) is 13.7 Å². The summed E-state index contributed by atoms with van der Waals surface area (Å²) in [6, 6.07) is 18.2. The predicted octanol–water partition coefficient (Wildman–Crippen LogP) is 6.09. The molecule has 7 heteroatoms. The first-order chi connectivity index (χ1) is 15.0. The van der Waals surface area contributed by atoms with Gasteiger partial charge in [0.2, 0.25) is 0 Å². The first-order valence-corrected chi connectivity index (χ1v) is 11.6. The summed E-state index contributed by atoms with van der Waals surface area (Å²) in [5, 5.41) is 2.09. The number of amides is 2. The molecule has 1 fully saturated rings. The third-order valence-electron chi connectivity index (χ3n) is 4.81. The van der Waals surface area contributed by atoms with Gasteiger partial charge in [-0.15, -0.1) is 0 Å². The number of hydrogen-bond acceptors (Lipinski definition) is 5. The molecule has 0 aromatic heterocycles. The van der Waals surface area contributed by atoms with Gasteiger partial charge in [0, 0.05) is 7.05 Å². The molecule has 5 nitrogen and oxygen atoms in total. The molecule has 1 heterocycles. The third-order valence-corrected chi connectivity index (χ3v) is 6.58. The molecular formula is C24H20INO4S. The maximum Gasteiger partial charge on any atom is 0.293 e. The summed E-state index contributed by atoms with van der Waals surface area (Å²) >= 11 is 3.14. The van der Waals surface area contributed by atoms with E-state index < -0.39 is 0 Å². The van der Waals surface area contributed by atoms with Crippen LogP contribution in [0.1, 0.15) is 18.1 Å². The number of imide groups is 1. The van der Waals surface area contributed by atoms with Gasteiger partial charge >= 0.3 is 0 Å². The summed E-state index contributed by atoms with van der Waals surface area (Å²) in [6.45, 7) is 2.81. The van der Waals surface area contributed by atoms with Crippen LogP contribution >= 0.6 is 34.4 Å². The Morgan fingerprint density at radius 3 is 2.52 bits per heavy atom. The Bertz CT molecular complexity index is 1210. The van der Waals surface area contributed by atoms with Crippen LogP contribution in [-0.4, -0.2) is 29.7 Å². The number of fused-ring (bicyclic) bond motifs is 1. The van der Waals surface area contributed by atoms with Crippen LogP contribution in [-0.2, 0) is 11.4 Å². The van der Waals surface area contributed by atoms with Crippen molar-refractivity contribution in [2.45, 2.75) is 13.5 Å². The Morgan fingerprint density at radius 1 is 1.03 bits per heavy atom. The number of nitrogens with zero attached hydrogens (tertiary/aromatic N) is 1. The average Bonchev–Trinajstić information content (AvgIpc) is 2.99. The second-order valence-electron chi connectivity index (χ2n) is 6.97. The first kappa shape index (κ1) is 21.7. The van der Waals surface area contributed by atoms with Crippen LogP contribution in [0.5, 0.6) is 11.5 Å². The molecule has 0 bridgehead atoms. The van der Waals surface area contributed by atoms with Gasteiger partial charge in [0.05, 0.1) is 15.1 Å². The standard InChI is InChI=1S/C24H20INO4S/c1-3-29-20-12-16(13-21-23(27)26(2)24(28)31-21)11-19(25)22(20)30-14-15-8-9-17-6-4-5-7-18(17)10-15/h4-13H,3,14H2,1-2H3/b21-13-. The van der Waals surface area contributed by atoms with Gasteiger partial charge in [-0.25, -0.2) is 0 Å². The van der Waals surface area contributed by atoms with E-state index in [1.165, 1.54) is 17.8 Å². The number of benzene rings is 3. The van der Waals surface area contributed by atoms with E-state index >= 15 is 0 Å².